The number of hydrogen-bond acceptors (Lipinski definition) is 5. The summed E-state index contributed by atoms with van der Waals surface area (Å²) in [6.07, 6.45) is 7.06. The third kappa shape index (κ3) is 4.24. The zero-order chi connectivity index (χ0) is 17.8. The molecule has 2 fully saturated rings. The zero-order valence-electron chi connectivity index (χ0n) is 15.6. The minimum absolute atomic E-state index is 0.370. The highest BCUT2D eigenvalue weighted by Crippen LogP contribution is 2.34. The van der Waals surface area contributed by atoms with Crippen molar-refractivity contribution < 1.29 is 4.74 Å². The lowest BCUT2D eigenvalue weighted by Crippen LogP contribution is -2.37. The summed E-state index contributed by atoms with van der Waals surface area (Å²) < 4.78 is 7.45. The summed E-state index contributed by atoms with van der Waals surface area (Å²) in [4.78, 5) is 6.60. The highest BCUT2D eigenvalue weighted by molar-refractivity contribution is 5.45. The summed E-state index contributed by atoms with van der Waals surface area (Å²) in [5.41, 5.74) is 2.56. The van der Waals surface area contributed by atoms with Crippen LogP contribution in [0, 0.1) is 5.92 Å². The average molecular weight is 355 g/mol. The lowest BCUT2D eigenvalue weighted by Gasteiger charge is -2.35. The first-order valence-electron chi connectivity index (χ1n) is 9.77. The van der Waals surface area contributed by atoms with Crippen molar-refractivity contribution >= 4 is 5.69 Å². The van der Waals surface area contributed by atoms with E-state index in [2.05, 4.69) is 51.5 Å². The van der Waals surface area contributed by atoms with Gasteiger partial charge in [0.05, 0.1) is 19.3 Å². The monoisotopic (exact) mass is 355 g/mol. The molecule has 1 N–H and O–H groups in total. The van der Waals surface area contributed by atoms with E-state index >= 15 is 0 Å². The molecule has 2 heterocycles. The SMILES string of the molecule is CC1CCC(Nc2ccc(CN3CCOCC3)cc2)C(n2cncn2)C1. The maximum Gasteiger partial charge on any atom is 0.137 e. The van der Waals surface area contributed by atoms with E-state index < -0.39 is 0 Å². The Morgan fingerprint density at radius 2 is 1.96 bits per heavy atom. The molecule has 1 aromatic carbocycles. The quantitative estimate of drug-likeness (QED) is 0.894. The van der Waals surface area contributed by atoms with E-state index in [1.807, 2.05) is 11.0 Å². The van der Waals surface area contributed by atoms with Gasteiger partial charge in [0.1, 0.15) is 12.7 Å². The van der Waals surface area contributed by atoms with Crippen LogP contribution in [0.15, 0.2) is 36.9 Å². The van der Waals surface area contributed by atoms with Gasteiger partial charge in [-0.05, 0) is 42.9 Å². The molecule has 0 spiro atoms. The van der Waals surface area contributed by atoms with Crippen LogP contribution < -0.4 is 5.32 Å². The Morgan fingerprint density at radius 1 is 1.15 bits per heavy atom. The van der Waals surface area contributed by atoms with Gasteiger partial charge in [-0.1, -0.05) is 19.1 Å². The smallest absolute Gasteiger partial charge is 0.137 e. The van der Waals surface area contributed by atoms with Crippen LogP contribution in [-0.2, 0) is 11.3 Å². The molecule has 0 radical (unpaired) electrons. The normalized spacial score (nSPS) is 27.3. The van der Waals surface area contributed by atoms with Crippen molar-refractivity contribution in [2.24, 2.45) is 5.92 Å². The molecule has 1 aliphatic carbocycles. The third-order valence-electron chi connectivity index (χ3n) is 5.67. The molecule has 2 aromatic rings. The van der Waals surface area contributed by atoms with Gasteiger partial charge in [-0.3, -0.25) is 4.90 Å². The number of morpholine rings is 1. The molecule has 0 bridgehead atoms. The molecule has 1 saturated carbocycles. The first kappa shape index (κ1) is 17.5. The summed E-state index contributed by atoms with van der Waals surface area (Å²) in [6.45, 7) is 7.10. The third-order valence-corrected chi connectivity index (χ3v) is 5.67. The summed E-state index contributed by atoms with van der Waals surface area (Å²) in [5, 5.41) is 8.14. The van der Waals surface area contributed by atoms with Gasteiger partial charge in [-0.15, -0.1) is 0 Å². The van der Waals surface area contributed by atoms with Gasteiger partial charge < -0.3 is 10.1 Å². The lowest BCUT2D eigenvalue weighted by atomic mass is 9.83. The molecule has 1 saturated heterocycles. The Kier molecular flexibility index (Phi) is 5.51. The molecular weight excluding hydrogens is 326 g/mol. The van der Waals surface area contributed by atoms with E-state index in [1.54, 1.807) is 6.33 Å². The summed E-state index contributed by atoms with van der Waals surface area (Å²) in [5.74, 6) is 0.734. The molecular formula is C20H29N5O. The molecule has 3 unspecified atom stereocenters. The molecule has 1 aliphatic heterocycles. The number of anilines is 1. The van der Waals surface area contributed by atoms with E-state index in [0.29, 0.717) is 12.1 Å². The maximum absolute atomic E-state index is 5.43. The van der Waals surface area contributed by atoms with Gasteiger partial charge in [-0.2, -0.15) is 5.10 Å². The number of benzene rings is 1. The lowest BCUT2D eigenvalue weighted by molar-refractivity contribution is 0.0342. The first-order valence-corrected chi connectivity index (χ1v) is 9.77. The Balaban J connectivity index is 1.39. The Morgan fingerprint density at radius 3 is 2.69 bits per heavy atom. The maximum atomic E-state index is 5.43. The predicted octanol–water partition coefficient (Wildman–Crippen LogP) is 2.95. The van der Waals surface area contributed by atoms with Gasteiger partial charge in [0.25, 0.3) is 0 Å². The highest BCUT2D eigenvalue weighted by atomic mass is 16.5. The van der Waals surface area contributed by atoms with E-state index in [9.17, 15) is 0 Å². The second kappa shape index (κ2) is 8.18. The molecule has 0 amide bonds. The standard InChI is InChI=1S/C20H29N5O/c1-16-2-7-19(20(12-16)25-15-21-14-22-25)23-18-5-3-17(4-6-18)13-24-8-10-26-11-9-24/h3-6,14-16,19-20,23H,2,7-13H2,1H3. The largest absolute Gasteiger partial charge is 0.380 e. The van der Waals surface area contributed by atoms with Crippen LogP contribution in [0.5, 0.6) is 0 Å². The predicted molar refractivity (Wildman–Crippen MR) is 102 cm³/mol. The van der Waals surface area contributed by atoms with Gasteiger partial charge >= 0.3 is 0 Å². The second-order valence-corrected chi connectivity index (χ2v) is 7.70. The molecule has 140 valence electrons. The molecule has 26 heavy (non-hydrogen) atoms. The van der Waals surface area contributed by atoms with E-state index in [-0.39, 0.29) is 0 Å². The number of nitrogens with zero attached hydrogens (tertiary/aromatic N) is 4. The summed E-state index contributed by atoms with van der Waals surface area (Å²) in [6, 6.07) is 9.69. The number of aromatic nitrogens is 3. The molecule has 4 rings (SSSR count). The average Bonchev–Trinajstić information content (AvgIpc) is 3.20. The highest BCUT2D eigenvalue weighted by Gasteiger charge is 2.30. The van der Waals surface area contributed by atoms with Crippen molar-refractivity contribution in [2.45, 2.75) is 44.8 Å². The van der Waals surface area contributed by atoms with Crippen molar-refractivity contribution in [1.82, 2.24) is 19.7 Å². The van der Waals surface area contributed by atoms with Crippen molar-refractivity contribution in [3.8, 4) is 0 Å². The molecule has 6 heteroatoms. The number of ether oxygens (including phenoxy) is 1. The molecule has 3 atom stereocenters. The van der Waals surface area contributed by atoms with Crippen molar-refractivity contribution in [2.75, 3.05) is 31.6 Å². The van der Waals surface area contributed by atoms with Crippen molar-refractivity contribution in [3.05, 3.63) is 42.5 Å². The Bertz CT molecular complexity index is 666. The van der Waals surface area contributed by atoms with Crippen LogP contribution >= 0.6 is 0 Å². The Hall–Kier alpha value is -1.92. The fourth-order valence-corrected chi connectivity index (χ4v) is 4.14. The number of hydrogen-bond donors (Lipinski definition) is 1. The van der Waals surface area contributed by atoms with Crippen LogP contribution in [0.3, 0.4) is 0 Å². The van der Waals surface area contributed by atoms with E-state index in [4.69, 9.17) is 4.74 Å². The molecule has 6 nitrogen and oxygen atoms in total. The van der Waals surface area contributed by atoms with Crippen LogP contribution in [-0.4, -0.2) is 52.0 Å². The van der Waals surface area contributed by atoms with Crippen LogP contribution in [0.1, 0.15) is 37.8 Å². The van der Waals surface area contributed by atoms with E-state index in [1.165, 1.54) is 24.1 Å². The number of nitrogens with one attached hydrogen (secondary N) is 1. The van der Waals surface area contributed by atoms with Gasteiger partial charge in [0.15, 0.2) is 0 Å². The van der Waals surface area contributed by atoms with Crippen LogP contribution in [0.4, 0.5) is 5.69 Å². The van der Waals surface area contributed by atoms with Crippen LogP contribution in [0.2, 0.25) is 0 Å². The Labute approximate surface area is 155 Å². The fourth-order valence-electron chi connectivity index (χ4n) is 4.14. The zero-order valence-corrected chi connectivity index (χ0v) is 15.6. The summed E-state index contributed by atoms with van der Waals surface area (Å²) in [7, 11) is 0. The van der Waals surface area contributed by atoms with E-state index in [0.717, 1.165) is 45.2 Å². The second-order valence-electron chi connectivity index (χ2n) is 7.70. The van der Waals surface area contributed by atoms with Crippen molar-refractivity contribution in [3.63, 3.8) is 0 Å². The topological polar surface area (TPSA) is 55.2 Å². The minimum Gasteiger partial charge on any atom is -0.380 e. The molecule has 2 aliphatic rings. The minimum atomic E-state index is 0.370. The first-order chi connectivity index (χ1) is 12.8. The van der Waals surface area contributed by atoms with Gasteiger partial charge in [0, 0.05) is 31.4 Å². The van der Waals surface area contributed by atoms with Gasteiger partial charge in [0.2, 0.25) is 0 Å². The molecule has 1 aromatic heterocycles. The number of rotatable bonds is 5. The fraction of sp³-hybridized carbons (Fsp3) is 0.600. The van der Waals surface area contributed by atoms with Crippen LogP contribution in [0.25, 0.3) is 0 Å². The van der Waals surface area contributed by atoms with Crippen molar-refractivity contribution in [1.29, 1.82) is 0 Å². The summed E-state index contributed by atoms with van der Waals surface area (Å²) >= 11 is 0. The van der Waals surface area contributed by atoms with Gasteiger partial charge in [-0.25, -0.2) is 9.67 Å².